The minimum absolute atomic E-state index is 0.204. The highest BCUT2D eigenvalue weighted by atomic mass is 32.2. The summed E-state index contributed by atoms with van der Waals surface area (Å²) in [4.78, 5) is 33.6. The summed E-state index contributed by atoms with van der Waals surface area (Å²) in [6.07, 6.45) is 1.33. The lowest BCUT2D eigenvalue weighted by atomic mass is 10.1. The van der Waals surface area contributed by atoms with Crippen molar-refractivity contribution in [3.05, 3.63) is 95.1 Å². The summed E-state index contributed by atoms with van der Waals surface area (Å²) in [5, 5.41) is 14.9. The number of thioether (sulfide) groups is 1. The lowest BCUT2D eigenvalue weighted by Gasteiger charge is -2.07. The molecule has 0 atom stereocenters. The molecule has 2 aromatic heterocycles. The Hall–Kier alpha value is -4.18. The second kappa shape index (κ2) is 10.2. The zero-order valence-electron chi connectivity index (χ0n) is 18.5. The lowest BCUT2D eigenvalue weighted by molar-refractivity contribution is 0.0842. The molecule has 0 fully saturated rings. The molecule has 0 saturated carbocycles. The number of nitrogens with one attached hydrogen (secondary N) is 2. The van der Waals surface area contributed by atoms with Gasteiger partial charge in [0.05, 0.1) is 11.9 Å². The van der Waals surface area contributed by atoms with Crippen molar-refractivity contribution in [2.45, 2.75) is 24.8 Å². The van der Waals surface area contributed by atoms with Crippen LogP contribution in [-0.2, 0) is 5.75 Å². The first-order valence-electron chi connectivity index (χ1n) is 10.4. The van der Waals surface area contributed by atoms with Gasteiger partial charge in [-0.1, -0.05) is 42.1 Å². The van der Waals surface area contributed by atoms with Gasteiger partial charge in [-0.05, 0) is 49.7 Å². The third-order valence-corrected chi connectivity index (χ3v) is 5.68. The van der Waals surface area contributed by atoms with Crippen molar-refractivity contribution >= 4 is 23.6 Å². The molecule has 0 aliphatic rings. The predicted molar refractivity (Wildman–Crippen MR) is 128 cm³/mol. The molecule has 34 heavy (non-hydrogen) atoms. The summed E-state index contributed by atoms with van der Waals surface area (Å²) >= 11 is 1.52. The number of aryl methyl sites for hydroxylation is 2. The van der Waals surface area contributed by atoms with E-state index in [1.165, 1.54) is 22.6 Å². The first kappa shape index (κ1) is 23.0. The molecule has 0 aliphatic heterocycles. The van der Waals surface area contributed by atoms with Gasteiger partial charge in [0.15, 0.2) is 16.6 Å². The normalized spacial score (nSPS) is 10.6. The first-order valence-corrected chi connectivity index (χ1v) is 11.4. The van der Waals surface area contributed by atoms with Crippen LogP contribution in [0, 0.1) is 13.8 Å². The number of amides is 2. The number of rotatable bonds is 6. The number of nitrogens with zero attached hydrogens (tertiary/aromatic N) is 4. The minimum atomic E-state index is -0.734. The van der Waals surface area contributed by atoms with E-state index in [2.05, 4.69) is 25.9 Å². The third-order valence-electron chi connectivity index (χ3n) is 4.77. The number of benzene rings is 2. The highest BCUT2D eigenvalue weighted by Crippen LogP contribution is 2.20. The summed E-state index contributed by atoms with van der Waals surface area (Å²) < 4.78 is 1.38. The van der Waals surface area contributed by atoms with Gasteiger partial charge >= 0.3 is 0 Å². The van der Waals surface area contributed by atoms with Gasteiger partial charge in [-0.25, -0.2) is 14.6 Å². The maximum Gasteiger partial charge on any atom is 0.294 e. The summed E-state index contributed by atoms with van der Waals surface area (Å²) in [6.45, 7) is 3.86. The van der Waals surface area contributed by atoms with Crippen LogP contribution in [0.15, 0.2) is 72.0 Å². The highest BCUT2D eigenvalue weighted by Gasteiger charge is 2.18. The fraction of sp³-hybridized carbons (Fsp3) is 0.125. The Bertz CT molecular complexity index is 1300. The lowest BCUT2D eigenvalue weighted by Crippen LogP contribution is -2.41. The molecular formula is C24H22N6O3S. The third kappa shape index (κ3) is 5.59. The molecule has 0 spiro atoms. The van der Waals surface area contributed by atoms with Crippen molar-refractivity contribution in [2.75, 3.05) is 0 Å². The van der Waals surface area contributed by atoms with E-state index in [0.29, 0.717) is 22.2 Å². The van der Waals surface area contributed by atoms with Gasteiger partial charge in [-0.3, -0.25) is 20.4 Å². The molecule has 2 aromatic carbocycles. The molecule has 3 N–H and O–H groups in total. The topological polar surface area (TPSA) is 122 Å². The Balaban J connectivity index is 1.32. The fourth-order valence-electron chi connectivity index (χ4n) is 3.14. The van der Waals surface area contributed by atoms with E-state index in [-0.39, 0.29) is 11.4 Å². The van der Waals surface area contributed by atoms with Crippen molar-refractivity contribution in [1.29, 1.82) is 0 Å². The van der Waals surface area contributed by atoms with Crippen LogP contribution in [0.5, 0.6) is 5.75 Å². The van der Waals surface area contributed by atoms with Crippen LogP contribution in [0.4, 0.5) is 0 Å². The summed E-state index contributed by atoms with van der Waals surface area (Å²) in [7, 11) is 0. The van der Waals surface area contributed by atoms with Gasteiger partial charge in [-0.2, -0.15) is 5.10 Å². The average molecular weight is 475 g/mol. The second-order valence-electron chi connectivity index (χ2n) is 7.47. The van der Waals surface area contributed by atoms with Crippen LogP contribution in [0.3, 0.4) is 0 Å². The quantitative estimate of drug-likeness (QED) is 0.223. The Morgan fingerprint density at radius 3 is 2.26 bits per heavy atom. The molecule has 10 heteroatoms. The van der Waals surface area contributed by atoms with Crippen molar-refractivity contribution < 1.29 is 14.7 Å². The van der Waals surface area contributed by atoms with Crippen LogP contribution >= 0.6 is 11.8 Å². The number of para-hydroxylation sites is 1. The summed E-state index contributed by atoms with van der Waals surface area (Å²) in [5.74, 6) is -0.871. The van der Waals surface area contributed by atoms with E-state index in [1.807, 2.05) is 50.2 Å². The molecule has 2 amide bonds. The van der Waals surface area contributed by atoms with Crippen LogP contribution in [0.25, 0.3) is 5.69 Å². The molecule has 4 aromatic rings. The summed E-state index contributed by atoms with van der Waals surface area (Å²) in [6, 6.07) is 18.0. The highest BCUT2D eigenvalue weighted by molar-refractivity contribution is 7.98. The van der Waals surface area contributed by atoms with Gasteiger partial charge in [0.1, 0.15) is 0 Å². The molecule has 2 heterocycles. The van der Waals surface area contributed by atoms with E-state index in [4.69, 9.17) is 0 Å². The summed E-state index contributed by atoms with van der Waals surface area (Å²) in [5.41, 5.74) is 8.32. The van der Waals surface area contributed by atoms with Crippen molar-refractivity contribution in [3.63, 3.8) is 0 Å². The van der Waals surface area contributed by atoms with Gasteiger partial charge in [0.2, 0.25) is 0 Å². The smallest absolute Gasteiger partial charge is 0.294 e. The van der Waals surface area contributed by atoms with Gasteiger partial charge in [0, 0.05) is 22.7 Å². The van der Waals surface area contributed by atoms with Crippen LogP contribution in [0.2, 0.25) is 0 Å². The number of carbonyl (C=O) groups excluding carboxylic acids is 2. The maximum absolute atomic E-state index is 12.4. The molecule has 0 unspecified atom stereocenters. The molecule has 0 bridgehead atoms. The van der Waals surface area contributed by atoms with E-state index in [1.54, 1.807) is 24.3 Å². The number of aromatic hydroxyl groups is 1. The number of hydrogen-bond donors (Lipinski definition) is 3. The van der Waals surface area contributed by atoms with E-state index in [0.717, 1.165) is 17.0 Å². The Morgan fingerprint density at radius 1 is 0.941 bits per heavy atom. The fourth-order valence-corrected chi connectivity index (χ4v) is 4.05. The maximum atomic E-state index is 12.4. The van der Waals surface area contributed by atoms with E-state index in [9.17, 15) is 14.7 Å². The van der Waals surface area contributed by atoms with Crippen molar-refractivity contribution in [2.24, 2.45) is 0 Å². The van der Waals surface area contributed by atoms with Crippen molar-refractivity contribution in [1.82, 2.24) is 30.6 Å². The van der Waals surface area contributed by atoms with Gasteiger partial charge in [-0.15, -0.1) is 0 Å². The zero-order chi connectivity index (χ0) is 24.1. The molecular weight excluding hydrogens is 452 g/mol. The Kier molecular flexibility index (Phi) is 6.88. The monoisotopic (exact) mass is 474 g/mol. The molecule has 9 nitrogen and oxygen atoms in total. The molecule has 0 saturated heterocycles. The zero-order valence-corrected chi connectivity index (χ0v) is 19.3. The van der Waals surface area contributed by atoms with Crippen LogP contribution in [-0.4, -0.2) is 36.7 Å². The van der Waals surface area contributed by atoms with Crippen molar-refractivity contribution in [3.8, 4) is 11.4 Å². The molecule has 0 aliphatic carbocycles. The standard InChI is InChI=1S/C24H22N6O3S/c1-15-12-16(2)26-24(25-15)34-14-17-8-10-18(11-9-17)22(32)27-28-23(33)21-20(31)13-30(29-21)19-6-4-3-5-7-19/h3-13,31H,14H2,1-2H3,(H,27,32)(H,28,33). The Labute approximate surface area is 200 Å². The largest absolute Gasteiger partial charge is 0.504 e. The van der Waals surface area contributed by atoms with Gasteiger partial charge in [0.25, 0.3) is 11.8 Å². The number of carbonyl (C=O) groups is 2. The number of hydrazine groups is 1. The molecule has 4 rings (SSSR count). The number of hydrogen-bond acceptors (Lipinski definition) is 7. The molecule has 0 radical (unpaired) electrons. The minimum Gasteiger partial charge on any atom is -0.504 e. The second-order valence-corrected chi connectivity index (χ2v) is 8.41. The van der Waals surface area contributed by atoms with Crippen LogP contribution in [0.1, 0.15) is 37.8 Å². The first-order chi connectivity index (χ1) is 16.4. The SMILES string of the molecule is Cc1cc(C)nc(SCc2ccc(C(=O)NNC(=O)c3nn(-c4ccccc4)cc3O)cc2)n1. The number of aromatic nitrogens is 4. The van der Waals surface area contributed by atoms with Gasteiger partial charge < -0.3 is 5.11 Å². The van der Waals surface area contributed by atoms with Crippen LogP contribution < -0.4 is 10.9 Å². The predicted octanol–water partition coefficient (Wildman–Crippen LogP) is 3.35. The average Bonchev–Trinajstić information content (AvgIpc) is 3.23. The van der Waals surface area contributed by atoms with E-state index < -0.39 is 11.8 Å². The Morgan fingerprint density at radius 2 is 1.59 bits per heavy atom. The van der Waals surface area contributed by atoms with E-state index >= 15 is 0 Å². The molecule has 172 valence electrons.